The Morgan fingerprint density at radius 1 is 1.26 bits per heavy atom. The Balaban J connectivity index is 1.88. The molecule has 2 heterocycles. The number of hydrogen-bond donors (Lipinski definition) is 3. The van der Waals surface area contributed by atoms with E-state index in [9.17, 15) is 9.90 Å². The van der Waals surface area contributed by atoms with E-state index in [0.29, 0.717) is 28.1 Å². The molecule has 0 spiro atoms. The maximum atomic E-state index is 12.1. The normalized spacial score (nSPS) is 16.0. The quantitative estimate of drug-likeness (QED) is 0.646. The number of amides is 1. The average molecular weight is 382 g/mol. The third-order valence-corrected chi connectivity index (χ3v) is 4.64. The van der Waals surface area contributed by atoms with Crippen molar-refractivity contribution in [3.05, 3.63) is 70.4 Å². The number of rotatable bonds is 3. The number of nitrogens with two attached hydrogens (primary N) is 1. The van der Waals surface area contributed by atoms with Crippen molar-refractivity contribution in [1.82, 2.24) is 14.8 Å². The lowest BCUT2D eigenvalue weighted by Gasteiger charge is -2.27. The molecule has 0 aliphatic carbocycles. The lowest BCUT2D eigenvalue weighted by atomic mass is 9.95. The zero-order valence-corrected chi connectivity index (χ0v) is 15.1. The van der Waals surface area contributed by atoms with E-state index in [-0.39, 0.29) is 5.75 Å². The molecule has 1 unspecified atom stereocenters. The van der Waals surface area contributed by atoms with E-state index in [2.05, 4.69) is 15.4 Å². The number of nitrogens with zero attached hydrogens (tertiary/aromatic N) is 3. The molecular formula is C19H16ClN5O2. The molecule has 0 radical (unpaired) electrons. The Morgan fingerprint density at radius 2 is 2.00 bits per heavy atom. The van der Waals surface area contributed by atoms with Crippen molar-refractivity contribution in [2.45, 2.75) is 13.0 Å². The van der Waals surface area contributed by atoms with Crippen LogP contribution >= 0.6 is 11.6 Å². The monoisotopic (exact) mass is 381 g/mol. The lowest BCUT2D eigenvalue weighted by Crippen LogP contribution is -2.31. The van der Waals surface area contributed by atoms with E-state index in [1.807, 2.05) is 12.1 Å². The number of allylic oxidation sites excluding steroid dienone is 1. The van der Waals surface area contributed by atoms with Gasteiger partial charge in [-0.25, -0.2) is 4.68 Å². The van der Waals surface area contributed by atoms with Crippen molar-refractivity contribution in [2.24, 2.45) is 5.73 Å². The number of primary amides is 1. The summed E-state index contributed by atoms with van der Waals surface area (Å²) in [6.45, 7) is 1.77. The van der Waals surface area contributed by atoms with Gasteiger partial charge in [-0.15, -0.1) is 5.10 Å². The summed E-state index contributed by atoms with van der Waals surface area (Å²) in [7, 11) is 0. The van der Waals surface area contributed by atoms with Gasteiger partial charge in [-0.2, -0.15) is 4.98 Å². The Bertz CT molecular complexity index is 1070. The van der Waals surface area contributed by atoms with Crippen LogP contribution in [0, 0.1) is 0 Å². The molecule has 1 aliphatic rings. The first kappa shape index (κ1) is 17.1. The van der Waals surface area contributed by atoms with Gasteiger partial charge in [-0.05, 0) is 36.8 Å². The van der Waals surface area contributed by atoms with Gasteiger partial charge in [-0.3, -0.25) is 4.79 Å². The molecule has 2 aromatic carbocycles. The minimum atomic E-state index is -0.556. The third-order valence-electron chi connectivity index (χ3n) is 4.41. The number of phenols is 1. The molecule has 4 rings (SSSR count). The van der Waals surface area contributed by atoms with E-state index >= 15 is 0 Å². The molecule has 27 heavy (non-hydrogen) atoms. The highest BCUT2D eigenvalue weighted by Crippen LogP contribution is 2.36. The maximum Gasteiger partial charge on any atom is 0.248 e. The number of halogens is 1. The van der Waals surface area contributed by atoms with Gasteiger partial charge in [0, 0.05) is 16.3 Å². The first-order chi connectivity index (χ1) is 12.9. The summed E-state index contributed by atoms with van der Waals surface area (Å²) in [6.07, 6.45) is 0. The second-order valence-corrected chi connectivity index (χ2v) is 6.67. The molecule has 8 heteroatoms. The van der Waals surface area contributed by atoms with Crippen molar-refractivity contribution in [1.29, 1.82) is 0 Å². The molecule has 0 bridgehead atoms. The molecule has 1 aromatic heterocycles. The number of aromatic nitrogens is 3. The Kier molecular flexibility index (Phi) is 4.08. The number of carbonyl (C=O) groups is 1. The van der Waals surface area contributed by atoms with Crippen molar-refractivity contribution < 1.29 is 9.90 Å². The van der Waals surface area contributed by atoms with Crippen molar-refractivity contribution in [2.75, 3.05) is 5.32 Å². The molecule has 4 N–H and O–H groups in total. The number of fused-ring (bicyclic) bond motifs is 1. The van der Waals surface area contributed by atoms with Gasteiger partial charge in [0.1, 0.15) is 11.8 Å². The van der Waals surface area contributed by atoms with Gasteiger partial charge in [0.2, 0.25) is 11.9 Å². The smallest absolute Gasteiger partial charge is 0.248 e. The molecule has 136 valence electrons. The van der Waals surface area contributed by atoms with Crippen LogP contribution in [0.4, 0.5) is 5.95 Å². The minimum Gasteiger partial charge on any atom is -0.508 e. The summed E-state index contributed by atoms with van der Waals surface area (Å²) in [5.74, 6) is 0.545. The summed E-state index contributed by atoms with van der Waals surface area (Å²) in [5, 5.41) is 17.9. The third kappa shape index (κ3) is 3.02. The number of phenolic OH excluding ortho intramolecular Hbond substituents is 1. The summed E-state index contributed by atoms with van der Waals surface area (Å²) >= 11 is 6.08. The van der Waals surface area contributed by atoms with Crippen LogP contribution in [0.25, 0.3) is 11.4 Å². The fourth-order valence-electron chi connectivity index (χ4n) is 3.18. The van der Waals surface area contributed by atoms with Gasteiger partial charge in [-0.1, -0.05) is 35.9 Å². The molecule has 1 atom stereocenters. The van der Waals surface area contributed by atoms with Crippen LogP contribution < -0.4 is 11.1 Å². The Hall–Kier alpha value is -3.32. The summed E-state index contributed by atoms with van der Waals surface area (Å²) in [6, 6.07) is 13.2. The van der Waals surface area contributed by atoms with Gasteiger partial charge in [0.15, 0.2) is 5.82 Å². The highest BCUT2D eigenvalue weighted by molar-refractivity contribution is 6.30. The fourth-order valence-corrected chi connectivity index (χ4v) is 3.38. The molecular weight excluding hydrogens is 366 g/mol. The fraction of sp³-hybridized carbons (Fsp3) is 0.105. The molecule has 7 nitrogen and oxygen atoms in total. The highest BCUT2D eigenvalue weighted by Gasteiger charge is 2.33. The average Bonchev–Trinajstić information content (AvgIpc) is 3.04. The van der Waals surface area contributed by atoms with E-state index in [4.69, 9.17) is 17.3 Å². The number of hydrogen-bond acceptors (Lipinski definition) is 5. The van der Waals surface area contributed by atoms with Crippen LogP contribution in [0.15, 0.2) is 59.8 Å². The summed E-state index contributed by atoms with van der Waals surface area (Å²) in [4.78, 5) is 16.7. The Morgan fingerprint density at radius 3 is 2.67 bits per heavy atom. The Labute approximate surface area is 160 Å². The number of nitrogens with one attached hydrogen (secondary N) is 1. The first-order valence-corrected chi connectivity index (χ1v) is 8.61. The standard InChI is InChI=1S/C19H16ClN5O2/c1-10-15(17(21)27)16(11-5-7-14(26)8-6-11)25-19(22-10)23-18(24-25)12-3-2-4-13(20)9-12/h2-9,16,26H,1H3,(H2,21,27)(H,22,23,24). The van der Waals surface area contributed by atoms with Crippen molar-refractivity contribution >= 4 is 23.5 Å². The van der Waals surface area contributed by atoms with E-state index < -0.39 is 11.9 Å². The molecule has 1 amide bonds. The zero-order chi connectivity index (χ0) is 19.1. The second kappa shape index (κ2) is 6.44. The van der Waals surface area contributed by atoms with Crippen LogP contribution in [0.3, 0.4) is 0 Å². The molecule has 0 saturated heterocycles. The molecule has 1 aliphatic heterocycles. The SMILES string of the molecule is CC1=C(C(N)=O)C(c2ccc(O)cc2)n2nc(-c3cccc(Cl)c3)nc2N1. The topological polar surface area (TPSA) is 106 Å². The van der Waals surface area contributed by atoms with E-state index in [1.54, 1.807) is 48.0 Å². The van der Waals surface area contributed by atoms with Crippen molar-refractivity contribution in [3.63, 3.8) is 0 Å². The zero-order valence-electron chi connectivity index (χ0n) is 14.3. The first-order valence-electron chi connectivity index (χ1n) is 8.23. The van der Waals surface area contributed by atoms with Gasteiger partial charge >= 0.3 is 0 Å². The van der Waals surface area contributed by atoms with Crippen molar-refractivity contribution in [3.8, 4) is 17.1 Å². The second-order valence-electron chi connectivity index (χ2n) is 6.24. The predicted octanol–water partition coefficient (Wildman–Crippen LogP) is 3.08. The van der Waals surface area contributed by atoms with Crippen LogP contribution in [0.1, 0.15) is 18.5 Å². The van der Waals surface area contributed by atoms with Crippen LogP contribution in [-0.4, -0.2) is 25.8 Å². The minimum absolute atomic E-state index is 0.132. The van der Waals surface area contributed by atoms with E-state index in [1.165, 1.54) is 0 Å². The van der Waals surface area contributed by atoms with Crippen LogP contribution in [0.5, 0.6) is 5.75 Å². The summed E-state index contributed by atoms with van der Waals surface area (Å²) < 4.78 is 1.62. The largest absolute Gasteiger partial charge is 0.508 e. The predicted molar refractivity (Wildman–Crippen MR) is 102 cm³/mol. The van der Waals surface area contributed by atoms with Crippen LogP contribution in [-0.2, 0) is 4.79 Å². The maximum absolute atomic E-state index is 12.1. The molecule has 0 saturated carbocycles. The van der Waals surface area contributed by atoms with Gasteiger partial charge in [0.25, 0.3) is 0 Å². The van der Waals surface area contributed by atoms with E-state index in [0.717, 1.165) is 11.1 Å². The van der Waals surface area contributed by atoms with Gasteiger partial charge in [0.05, 0.1) is 5.57 Å². The summed E-state index contributed by atoms with van der Waals surface area (Å²) in [5.41, 5.74) is 8.15. The van der Waals surface area contributed by atoms with Crippen LogP contribution in [0.2, 0.25) is 5.02 Å². The lowest BCUT2D eigenvalue weighted by molar-refractivity contribution is -0.115. The van der Waals surface area contributed by atoms with Gasteiger partial charge < -0.3 is 16.2 Å². The number of aromatic hydroxyl groups is 1. The molecule has 3 aromatic rings. The molecule has 0 fully saturated rings. The number of benzene rings is 2. The number of anilines is 1. The number of carbonyl (C=O) groups excluding carboxylic acids is 1. The highest BCUT2D eigenvalue weighted by atomic mass is 35.5.